The molecule has 15 heavy (non-hydrogen) atoms. The molecule has 0 aromatic rings. The zero-order valence-electron chi connectivity index (χ0n) is 7.88. The minimum Gasteiger partial charge on any atom is -0.274 e. The predicted molar refractivity (Wildman–Crippen MR) is 65.2 cm³/mol. The Balaban J connectivity index is 2.29. The Morgan fingerprint density at radius 2 is 1.73 bits per heavy atom. The highest BCUT2D eigenvalue weighted by molar-refractivity contribution is 7.80. The molecule has 1 heterocycles. The van der Waals surface area contributed by atoms with Crippen molar-refractivity contribution in [3.63, 3.8) is 0 Å². The summed E-state index contributed by atoms with van der Waals surface area (Å²) in [7, 11) is 0. The molecule has 0 aromatic heterocycles. The van der Waals surface area contributed by atoms with Crippen molar-refractivity contribution >= 4 is 57.9 Å². The molecular formula is C9H10Cl3NOS. The van der Waals surface area contributed by atoms with Crippen molar-refractivity contribution in [2.24, 2.45) is 11.8 Å². The molecule has 0 bridgehead atoms. The largest absolute Gasteiger partial charge is 0.275 e. The third-order valence-electron chi connectivity index (χ3n) is 3.09. The van der Waals surface area contributed by atoms with E-state index < -0.39 is 3.92 Å². The molecule has 2 aliphatic rings. The number of amides is 1. The van der Waals surface area contributed by atoms with Crippen LogP contribution in [-0.2, 0) is 4.79 Å². The topological polar surface area (TPSA) is 20.3 Å². The molecule has 0 radical (unpaired) electrons. The van der Waals surface area contributed by atoms with Crippen molar-refractivity contribution in [3.05, 3.63) is 0 Å². The van der Waals surface area contributed by atoms with Gasteiger partial charge in [0.05, 0.1) is 4.99 Å². The van der Waals surface area contributed by atoms with Gasteiger partial charge in [-0.3, -0.25) is 9.69 Å². The summed E-state index contributed by atoms with van der Waals surface area (Å²) in [5.41, 5.74) is 0. The smallest absolute Gasteiger partial charge is 0.274 e. The highest BCUT2D eigenvalue weighted by atomic mass is 35.6. The number of hydrogen-bond donors (Lipinski definition) is 0. The van der Waals surface area contributed by atoms with Crippen LogP contribution in [0.4, 0.5) is 0 Å². The lowest BCUT2D eigenvalue weighted by Gasteiger charge is -2.24. The standard InChI is InChI=1S/C9H10Cl3NOS/c10-9(11,12)13-7(14)5-3-1-2-4-6(5)8(13)15/h5-6H,1-4H2. The van der Waals surface area contributed by atoms with E-state index in [4.69, 9.17) is 47.0 Å². The molecule has 0 N–H and O–H groups in total. The lowest BCUT2D eigenvalue weighted by Crippen LogP contribution is -2.40. The number of thiocarbonyl (C=S) groups is 1. The summed E-state index contributed by atoms with van der Waals surface area (Å²) in [6.45, 7) is 0. The molecule has 2 rings (SSSR count). The van der Waals surface area contributed by atoms with Crippen LogP contribution in [-0.4, -0.2) is 19.7 Å². The van der Waals surface area contributed by atoms with Crippen molar-refractivity contribution < 1.29 is 4.79 Å². The van der Waals surface area contributed by atoms with Gasteiger partial charge in [0.15, 0.2) is 0 Å². The van der Waals surface area contributed by atoms with E-state index in [9.17, 15) is 4.79 Å². The average Bonchev–Trinajstić information content (AvgIpc) is 2.39. The minimum atomic E-state index is -1.73. The zero-order valence-corrected chi connectivity index (χ0v) is 11.0. The van der Waals surface area contributed by atoms with Crippen LogP contribution in [0.1, 0.15) is 25.7 Å². The number of nitrogens with zero attached hydrogens (tertiary/aromatic N) is 1. The van der Waals surface area contributed by atoms with Crippen LogP contribution in [0.5, 0.6) is 0 Å². The molecule has 2 fully saturated rings. The van der Waals surface area contributed by atoms with E-state index in [1.807, 2.05) is 0 Å². The predicted octanol–water partition coefficient (Wildman–Crippen LogP) is 3.29. The second-order valence-electron chi connectivity index (χ2n) is 3.98. The van der Waals surface area contributed by atoms with Crippen LogP contribution in [0.2, 0.25) is 0 Å². The molecule has 2 unspecified atom stereocenters. The van der Waals surface area contributed by atoms with Gasteiger partial charge >= 0.3 is 0 Å². The average molecular weight is 287 g/mol. The molecule has 1 aliphatic heterocycles. The fourth-order valence-electron chi connectivity index (χ4n) is 2.41. The third-order valence-corrected chi connectivity index (χ3v) is 4.09. The van der Waals surface area contributed by atoms with Gasteiger partial charge in [0.1, 0.15) is 0 Å². The number of halogens is 3. The second-order valence-corrected chi connectivity index (χ2v) is 6.62. The number of alkyl halides is 3. The van der Waals surface area contributed by atoms with Crippen LogP contribution in [0.15, 0.2) is 0 Å². The number of carbonyl (C=O) groups is 1. The number of fused-ring (bicyclic) bond motifs is 1. The summed E-state index contributed by atoms with van der Waals surface area (Å²) in [6.07, 6.45) is 3.96. The molecule has 0 aromatic carbocycles. The van der Waals surface area contributed by atoms with Gasteiger partial charge in [-0.15, -0.1) is 0 Å². The Morgan fingerprint density at radius 3 is 2.20 bits per heavy atom. The molecule has 1 saturated carbocycles. The lowest BCUT2D eigenvalue weighted by molar-refractivity contribution is -0.130. The fraction of sp³-hybridized carbons (Fsp3) is 0.778. The highest BCUT2D eigenvalue weighted by Gasteiger charge is 2.51. The Bertz CT molecular complexity index is 291. The molecule has 2 atom stereocenters. The van der Waals surface area contributed by atoms with Crippen LogP contribution >= 0.6 is 47.0 Å². The number of rotatable bonds is 0. The summed E-state index contributed by atoms with van der Waals surface area (Å²) in [4.78, 5) is 13.6. The molecule has 1 amide bonds. The Kier molecular flexibility index (Phi) is 3.19. The normalized spacial score (nSPS) is 32.1. The molecule has 2 nitrogen and oxygen atoms in total. The van der Waals surface area contributed by atoms with Gasteiger partial charge in [-0.25, -0.2) is 0 Å². The van der Waals surface area contributed by atoms with Crippen molar-refractivity contribution in [1.29, 1.82) is 0 Å². The second kappa shape index (κ2) is 4.02. The number of likely N-dealkylation sites (tertiary alicyclic amines) is 1. The van der Waals surface area contributed by atoms with E-state index in [0.29, 0.717) is 4.99 Å². The molecule has 0 spiro atoms. The first-order valence-electron chi connectivity index (χ1n) is 4.87. The van der Waals surface area contributed by atoms with Gasteiger partial charge in [-0.2, -0.15) is 0 Å². The number of hydrogen-bond acceptors (Lipinski definition) is 2. The Hall–Kier alpha value is 0.430. The number of carbonyl (C=O) groups excluding carboxylic acids is 1. The van der Waals surface area contributed by atoms with Crippen LogP contribution in [0.25, 0.3) is 0 Å². The molecule has 84 valence electrons. The maximum absolute atomic E-state index is 12.0. The maximum Gasteiger partial charge on any atom is 0.275 e. The highest BCUT2D eigenvalue weighted by Crippen LogP contribution is 2.45. The van der Waals surface area contributed by atoms with Crippen LogP contribution < -0.4 is 0 Å². The van der Waals surface area contributed by atoms with Crippen molar-refractivity contribution in [1.82, 2.24) is 4.90 Å². The summed E-state index contributed by atoms with van der Waals surface area (Å²) < 4.78 is -1.73. The summed E-state index contributed by atoms with van der Waals surface area (Å²) in [5.74, 6) is -0.0663. The Labute approximate surface area is 109 Å². The van der Waals surface area contributed by atoms with E-state index in [1.54, 1.807) is 0 Å². The third kappa shape index (κ3) is 1.99. The van der Waals surface area contributed by atoms with Crippen molar-refractivity contribution in [2.45, 2.75) is 29.6 Å². The van der Waals surface area contributed by atoms with E-state index in [1.165, 1.54) is 0 Å². The summed E-state index contributed by atoms with van der Waals surface area (Å²) in [5, 5.41) is 0. The van der Waals surface area contributed by atoms with E-state index in [2.05, 4.69) is 0 Å². The van der Waals surface area contributed by atoms with Gasteiger partial charge < -0.3 is 0 Å². The first kappa shape index (κ1) is 11.9. The van der Waals surface area contributed by atoms with E-state index in [0.717, 1.165) is 30.6 Å². The van der Waals surface area contributed by atoms with Crippen molar-refractivity contribution in [2.75, 3.05) is 0 Å². The lowest BCUT2D eigenvalue weighted by atomic mass is 9.81. The summed E-state index contributed by atoms with van der Waals surface area (Å²) in [6, 6.07) is 0. The minimum absolute atomic E-state index is 0.0538. The molecular weight excluding hydrogens is 277 g/mol. The first-order chi connectivity index (χ1) is 6.93. The summed E-state index contributed by atoms with van der Waals surface area (Å²) >= 11 is 22.4. The first-order valence-corrected chi connectivity index (χ1v) is 6.42. The van der Waals surface area contributed by atoms with Gasteiger partial charge in [-0.05, 0) is 12.8 Å². The molecule has 6 heteroatoms. The quantitative estimate of drug-likeness (QED) is 0.387. The van der Waals surface area contributed by atoms with Crippen LogP contribution in [0.3, 0.4) is 0 Å². The zero-order chi connectivity index (χ0) is 11.2. The van der Waals surface area contributed by atoms with Crippen molar-refractivity contribution in [3.8, 4) is 0 Å². The fourth-order valence-corrected chi connectivity index (χ4v) is 3.59. The monoisotopic (exact) mass is 285 g/mol. The van der Waals surface area contributed by atoms with E-state index in [-0.39, 0.29) is 17.7 Å². The van der Waals surface area contributed by atoms with Gasteiger partial charge in [-0.1, -0.05) is 59.9 Å². The Morgan fingerprint density at radius 1 is 1.20 bits per heavy atom. The molecule has 1 aliphatic carbocycles. The van der Waals surface area contributed by atoms with E-state index >= 15 is 0 Å². The van der Waals surface area contributed by atoms with Gasteiger partial charge in [0.25, 0.3) is 3.92 Å². The van der Waals surface area contributed by atoms with Crippen LogP contribution in [0, 0.1) is 11.8 Å². The maximum atomic E-state index is 12.0. The van der Waals surface area contributed by atoms with Gasteiger partial charge in [0, 0.05) is 11.8 Å². The van der Waals surface area contributed by atoms with Gasteiger partial charge in [0.2, 0.25) is 5.91 Å². The molecule has 1 saturated heterocycles. The SMILES string of the molecule is O=C1C2CCCCC2C(=S)N1C(Cl)(Cl)Cl.